The Morgan fingerprint density at radius 1 is 0.960 bits per heavy atom. The summed E-state index contributed by atoms with van der Waals surface area (Å²) in [6, 6.07) is 23.3. The third-order valence-corrected chi connectivity index (χ3v) is 14.1. The van der Waals surface area contributed by atoms with E-state index in [1.54, 1.807) is 9.80 Å². The molecule has 0 aliphatic carbocycles. The van der Waals surface area contributed by atoms with Gasteiger partial charge in [0.15, 0.2) is 13.9 Å². The average Bonchev–Trinajstić information content (AvgIpc) is 3.52. The molecular formula is C40H49N3O6Si. The molecule has 4 aliphatic rings. The van der Waals surface area contributed by atoms with E-state index in [9.17, 15) is 19.5 Å². The normalized spacial score (nSPS) is 26.9. The maximum absolute atomic E-state index is 15.0. The van der Waals surface area contributed by atoms with Crippen molar-refractivity contribution in [3.05, 3.63) is 95.1 Å². The van der Waals surface area contributed by atoms with E-state index in [-0.39, 0.29) is 36.8 Å². The number of carbonyl (C=O) groups is 3. The summed E-state index contributed by atoms with van der Waals surface area (Å²) < 4.78 is 7.05. The Bertz CT molecular complexity index is 1760. The fourth-order valence-electron chi connectivity index (χ4n) is 9.12. The lowest BCUT2D eigenvalue weighted by Gasteiger charge is -2.37. The van der Waals surface area contributed by atoms with Crippen molar-refractivity contribution in [3.8, 4) is 0 Å². The maximum atomic E-state index is 15.0. The second-order valence-corrected chi connectivity index (χ2v) is 19.2. The van der Waals surface area contributed by atoms with Crippen molar-refractivity contribution in [1.29, 1.82) is 0 Å². The fourth-order valence-corrected chi connectivity index (χ4v) is 11.7. The zero-order valence-corrected chi connectivity index (χ0v) is 30.4. The monoisotopic (exact) mass is 695 g/mol. The Kier molecular flexibility index (Phi) is 9.49. The van der Waals surface area contributed by atoms with Gasteiger partial charge < -0.3 is 29.3 Å². The van der Waals surface area contributed by atoms with Crippen LogP contribution >= 0.6 is 0 Å². The summed E-state index contributed by atoms with van der Waals surface area (Å²) in [5.74, 6) is -0.745. The molecule has 0 aromatic heterocycles. The van der Waals surface area contributed by atoms with Gasteiger partial charge in [-0.2, -0.15) is 0 Å². The Morgan fingerprint density at radius 3 is 2.42 bits per heavy atom. The number of nitrogens with zero attached hydrogens (tertiary/aromatic N) is 3. The summed E-state index contributed by atoms with van der Waals surface area (Å²) in [6.07, 6.45) is 4.20. The van der Waals surface area contributed by atoms with Crippen LogP contribution in [-0.4, -0.2) is 66.1 Å². The predicted octanol–water partition coefficient (Wildman–Crippen LogP) is 5.66. The summed E-state index contributed by atoms with van der Waals surface area (Å²) >= 11 is 0. The summed E-state index contributed by atoms with van der Waals surface area (Å²) in [4.78, 5) is 59.9. The van der Waals surface area contributed by atoms with Gasteiger partial charge in [0.1, 0.15) is 0 Å². The number of amides is 3. The standard InChI is InChI=1S/C40H49N3O6Si/c1-27-38(50(2,3)48)35(23-37(46)42-25-30-16-11-10-15-29(30)21-32(42)26-44)49-40(27)33-22-31(41-20-12-5-4-9-17-36(41)45)18-19-34(33)43(39(40)47)24-28-13-7-6-8-14-28/h6-8,10-11,13-16,18-19,22,27,32,35,38,44,48H,4-5,9,12,17,20-21,23-26H2,1-3H3/t27-,32-,35+,38-,40+/m0/s1. The first-order chi connectivity index (χ1) is 24.0. The molecule has 2 fully saturated rings. The minimum Gasteiger partial charge on any atom is -0.432 e. The minimum absolute atomic E-state index is 0.0159. The molecule has 0 saturated carbocycles. The molecule has 4 aliphatic heterocycles. The molecular weight excluding hydrogens is 647 g/mol. The van der Waals surface area contributed by atoms with Gasteiger partial charge in [-0.1, -0.05) is 74.4 Å². The highest BCUT2D eigenvalue weighted by atomic mass is 28.4. The molecule has 10 heteroatoms. The zero-order valence-electron chi connectivity index (χ0n) is 29.4. The molecule has 50 heavy (non-hydrogen) atoms. The summed E-state index contributed by atoms with van der Waals surface area (Å²) in [7, 11) is -3.04. The van der Waals surface area contributed by atoms with Crippen molar-refractivity contribution in [2.45, 2.75) is 101 Å². The van der Waals surface area contributed by atoms with Gasteiger partial charge in [-0.15, -0.1) is 0 Å². The van der Waals surface area contributed by atoms with Gasteiger partial charge in [0.25, 0.3) is 5.91 Å². The van der Waals surface area contributed by atoms with E-state index in [4.69, 9.17) is 4.74 Å². The highest BCUT2D eigenvalue weighted by molar-refractivity contribution is 6.71. The number of aliphatic hydroxyl groups excluding tert-OH is 1. The van der Waals surface area contributed by atoms with Crippen LogP contribution in [0, 0.1) is 5.92 Å². The van der Waals surface area contributed by atoms with Crippen molar-refractivity contribution in [2.75, 3.05) is 23.0 Å². The Balaban J connectivity index is 1.28. The SMILES string of the molecule is C[C@H]1[C@H]([Si](C)(C)O)[C@@H](CC(=O)N2Cc3ccccc3C[C@H]2CO)O[C@]12C(=O)N(Cc1ccccc1)c1ccc(N3CCCCCCC3=O)cc12. The highest BCUT2D eigenvalue weighted by Gasteiger charge is 2.66. The first-order valence-electron chi connectivity index (χ1n) is 18.2. The Labute approximate surface area is 296 Å². The molecule has 264 valence electrons. The van der Waals surface area contributed by atoms with E-state index < -0.39 is 31.5 Å². The van der Waals surface area contributed by atoms with Crippen molar-refractivity contribution >= 4 is 37.4 Å². The van der Waals surface area contributed by atoms with E-state index in [0.717, 1.165) is 53.7 Å². The molecule has 9 nitrogen and oxygen atoms in total. The van der Waals surface area contributed by atoms with Gasteiger partial charge in [-0.25, -0.2) is 0 Å². The first kappa shape index (κ1) is 34.6. The van der Waals surface area contributed by atoms with Gasteiger partial charge >= 0.3 is 0 Å². The third-order valence-electron chi connectivity index (χ3n) is 11.5. The van der Waals surface area contributed by atoms with E-state index >= 15 is 4.79 Å². The van der Waals surface area contributed by atoms with Crippen LogP contribution in [0.4, 0.5) is 11.4 Å². The number of carbonyl (C=O) groups excluding carboxylic acids is 3. The fraction of sp³-hybridized carbons (Fsp3) is 0.475. The van der Waals surface area contributed by atoms with Gasteiger partial charge in [0, 0.05) is 42.2 Å². The minimum atomic E-state index is -3.04. The Hall–Kier alpha value is -3.83. The third kappa shape index (κ3) is 6.10. The molecule has 3 aromatic carbocycles. The van der Waals surface area contributed by atoms with Crippen LogP contribution in [0.15, 0.2) is 72.8 Å². The lowest BCUT2D eigenvalue weighted by molar-refractivity contribution is -0.151. The Morgan fingerprint density at radius 2 is 1.68 bits per heavy atom. The molecule has 7 rings (SSSR count). The second kappa shape index (κ2) is 13.7. The zero-order chi connectivity index (χ0) is 35.2. The predicted molar refractivity (Wildman–Crippen MR) is 195 cm³/mol. The number of benzene rings is 3. The number of anilines is 2. The van der Waals surface area contributed by atoms with Crippen molar-refractivity contribution in [2.24, 2.45) is 5.92 Å². The first-order valence-corrected chi connectivity index (χ1v) is 21.2. The summed E-state index contributed by atoms with van der Waals surface area (Å²) in [5.41, 5.74) is 3.44. The van der Waals surface area contributed by atoms with Crippen molar-refractivity contribution in [3.63, 3.8) is 0 Å². The maximum Gasteiger partial charge on any atom is 0.264 e. The van der Waals surface area contributed by atoms with Crippen LogP contribution in [0.2, 0.25) is 18.6 Å². The highest BCUT2D eigenvalue weighted by Crippen LogP contribution is 2.60. The quantitative estimate of drug-likeness (QED) is 0.309. The number of rotatable bonds is 7. The number of ether oxygens (including phenoxy) is 1. The lowest BCUT2D eigenvalue weighted by atomic mass is 9.82. The molecule has 1 spiro atoms. The van der Waals surface area contributed by atoms with E-state index in [2.05, 4.69) is 0 Å². The molecule has 2 N–H and O–H groups in total. The van der Waals surface area contributed by atoms with Crippen LogP contribution in [0.5, 0.6) is 0 Å². The molecule has 0 bridgehead atoms. The van der Waals surface area contributed by atoms with E-state index in [1.165, 1.54) is 0 Å². The molecule has 3 aromatic rings. The number of hydrogen-bond acceptors (Lipinski definition) is 6. The number of fused-ring (bicyclic) bond motifs is 3. The lowest BCUT2D eigenvalue weighted by Crippen LogP contribution is -2.48. The molecule has 2 saturated heterocycles. The van der Waals surface area contributed by atoms with E-state index in [0.29, 0.717) is 38.0 Å². The van der Waals surface area contributed by atoms with Crippen LogP contribution in [0.3, 0.4) is 0 Å². The molecule has 0 unspecified atom stereocenters. The average molecular weight is 696 g/mol. The van der Waals surface area contributed by atoms with Gasteiger partial charge in [-0.05, 0) is 67.2 Å². The van der Waals surface area contributed by atoms with Crippen LogP contribution < -0.4 is 9.80 Å². The van der Waals surface area contributed by atoms with Crippen LogP contribution in [0.1, 0.15) is 67.7 Å². The van der Waals surface area contributed by atoms with E-state index in [1.807, 2.05) is 97.7 Å². The van der Waals surface area contributed by atoms with Gasteiger partial charge in [0.05, 0.1) is 37.4 Å². The topological polar surface area (TPSA) is 111 Å². The number of hydrogen-bond donors (Lipinski definition) is 2. The smallest absolute Gasteiger partial charge is 0.264 e. The molecule has 4 heterocycles. The summed E-state index contributed by atoms with van der Waals surface area (Å²) in [6.45, 7) is 6.88. The molecule has 0 radical (unpaired) electrons. The molecule has 3 amide bonds. The van der Waals surface area contributed by atoms with Crippen molar-refractivity contribution < 1.29 is 29.0 Å². The van der Waals surface area contributed by atoms with Crippen LogP contribution in [0.25, 0.3) is 0 Å². The van der Waals surface area contributed by atoms with Crippen LogP contribution in [-0.2, 0) is 44.2 Å². The van der Waals surface area contributed by atoms with Crippen molar-refractivity contribution in [1.82, 2.24) is 4.90 Å². The second-order valence-electron chi connectivity index (χ2n) is 15.2. The largest absolute Gasteiger partial charge is 0.432 e. The summed E-state index contributed by atoms with van der Waals surface area (Å²) in [5, 5.41) is 10.3. The van der Waals surface area contributed by atoms with Gasteiger partial charge in [0.2, 0.25) is 11.8 Å². The van der Waals surface area contributed by atoms with Gasteiger partial charge in [-0.3, -0.25) is 14.4 Å². The number of aliphatic hydroxyl groups is 1. The molecule has 5 atom stereocenters.